The summed E-state index contributed by atoms with van der Waals surface area (Å²) in [6.45, 7) is 0. The van der Waals surface area contributed by atoms with E-state index in [2.05, 4.69) is 36.5 Å². The summed E-state index contributed by atoms with van der Waals surface area (Å²) in [5, 5.41) is 0. The highest BCUT2D eigenvalue weighted by Gasteiger charge is 1.80. The zero-order valence-electron chi connectivity index (χ0n) is 7.37. The number of rotatable bonds is 0. The second kappa shape index (κ2) is 6.66. The molecule has 0 unspecified atom stereocenters. The van der Waals surface area contributed by atoms with Crippen LogP contribution in [0.1, 0.15) is 25.7 Å². The maximum atomic E-state index is 3.08. The summed E-state index contributed by atoms with van der Waals surface area (Å²) in [6, 6.07) is 0. The zero-order valence-corrected chi connectivity index (χ0v) is 7.37. The Morgan fingerprint density at radius 1 is 0.917 bits per heavy atom. The Morgan fingerprint density at radius 3 is 2.83 bits per heavy atom. The second-order valence-corrected chi connectivity index (χ2v) is 2.80. The van der Waals surface area contributed by atoms with Gasteiger partial charge in [0.05, 0.1) is 0 Å². The summed E-state index contributed by atoms with van der Waals surface area (Å²) in [7, 11) is 0. The molecule has 0 fully saturated rings. The van der Waals surface area contributed by atoms with Crippen LogP contribution in [0.2, 0.25) is 0 Å². The van der Waals surface area contributed by atoms with Crippen molar-refractivity contribution < 1.29 is 0 Å². The van der Waals surface area contributed by atoms with Crippen LogP contribution in [0, 0.1) is 6.08 Å². The maximum absolute atomic E-state index is 3.08. The van der Waals surface area contributed by atoms with E-state index in [-0.39, 0.29) is 0 Å². The average molecular weight is 159 g/mol. The van der Waals surface area contributed by atoms with Crippen LogP contribution >= 0.6 is 0 Å². The SMILES string of the molecule is [C]1=CC=CCCCC=CCC=C1. The molecule has 0 amide bonds. The van der Waals surface area contributed by atoms with Gasteiger partial charge in [0, 0.05) is 0 Å². The molecule has 0 bridgehead atoms. The topological polar surface area (TPSA) is 0 Å². The van der Waals surface area contributed by atoms with Gasteiger partial charge in [0.25, 0.3) is 0 Å². The van der Waals surface area contributed by atoms with Crippen molar-refractivity contribution in [2.75, 3.05) is 0 Å². The molecule has 0 saturated carbocycles. The van der Waals surface area contributed by atoms with Gasteiger partial charge in [-0.15, -0.1) is 0 Å². The van der Waals surface area contributed by atoms with Crippen LogP contribution in [0.4, 0.5) is 0 Å². The highest BCUT2D eigenvalue weighted by molar-refractivity contribution is 5.07. The third-order valence-corrected chi connectivity index (χ3v) is 1.72. The fraction of sp³-hybridized carbons (Fsp3) is 0.333. The summed E-state index contributed by atoms with van der Waals surface area (Å²) in [4.78, 5) is 0. The number of allylic oxidation sites excluding steroid dienone is 8. The van der Waals surface area contributed by atoms with E-state index < -0.39 is 0 Å². The highest BCUT2D eigenvalue weighted by atomic mass is 13.9. The van der Waals surface area contributed by atoms with Crippen LogP contribution in [0.15, 0.2) is 42.5 Å². The summed E-state index contributed by atoms with van der Waals surface area (Å²) in [6.07, 6.45) is 22.5. The molecular weight excluding hydrogens is 144 g/mol. The normalized spacial score (nSPS) is 18.7. The summed E-state index contributed by atoms with van der Waals surface area (Å²) in [5.41, 5.74) is 0. The van der Waals surface area contributed by atoms with E-state index in [0.29, 0.717) is 0 Å². The number of hydrogen-bond acceptors (Lipinski definition) is 0. The molecule has 0 N–H and O–H groups in total. The minimum Gasteiger partial charge on any atom is -0.0882 e. The highest BCUT2D eigenvalue weighted by Crippen LogP contribution is 2.00. The van der Waals surface area contributed by atoms with Crippen molar-refractivity contribution in [3.8, 4) is 0 Å². The van der Waals surface area contributed by atoms with E-state index in [4.69, 9.17) is 0 Å². The molecule has 0 nitrogen and oxygen atoms in total. The molecule has 0 aromatic carbocycles. The second-order valence-electron chi connectivity index (χ2n) is 2.80. The van der Waals surface area contributed by atoms with Crippen LogP contribution in [0.25, 0.3) is 0 Å². The summed E-state index contributed by atoms with van der Waals surface area (Å²) >= 11 is 0. The van der Waals surface area contributed by atoms with Crippen molar-refractivity contribution in [1.29, 1.82) is 0 Å². The minimum atomic E-state index is 1.03. The molecule has 0 aliphatic heterocycles. The van der Waals surface area contributed by atoms with Crippen molar-refractivity contribution in [3.05, 3.63) is 48.6 Å². The van der Waals surface area contributed by atoms with Gasteiger partial charge in [-0.05, 0) is 31.8 Å². The Kier molecular flexibility index (Phi) is 5.02. The van der Waals surface area contributed by atoms with Gasteiger partial charge in [-0.25, -0.2) is 0 Å². The first-order chi connectivity index (χ1) is 6.00. The molecule has 1 radical (unpaired) electrons. The average Bonchev–Trinajstić information content (AvgIpc) is 2.05. The molecule has 1 aliphatic rings. The Morgan fingerprint density at radius 2 is 1.83 bits per heavy atom. The van der Waals surface area contributed by atoms with Crippen LogP contribution < -0.4 is 0 Å². The van der Waals surface area contributed by atoms with Gasteiger partial charge >= 0.3 is 0 Å². The van der Waals surface area contributed by atoms with Gasteiger partial charge in [-0.2, -0.15) is 0 Å². The van der Waals surface area contributed by atoms with Crippen LogP contribution in [-0.4, -0.2) is 0 Å². The van der Waals surface area contributed by atoms with Gasteiger partial charge in [-0.3, -0.25) is 0 Å². The molecule has 1 aliphatic carbocycles. The molecule has 0 aromatic heterocycles. The Bertz CT molecular complexity index is 204. The Hall–Kier alpha value is -1.04. The fourth-order valence-electron chi connectivity index (χ4n) is 1.06. The predicted molar refractivity (Wildman–Crippen MR) is 53.7 cm³/mol. The zero-order chi connectivity index (χ0) is 8.49. The first kappa shape index (κ1) is 9.05. The molecule has 0 aromatic rings. The summed E-state index contributed by atoms with van der Waals surface area (Å²) < 4.78 is 0. The molecular formula is C12H15. The van der Waals surface area contributed by atoms with Crippen LogP contribution in [0.3, 0.4) is 0 Å². The van der Waals surface area contributed by atoms with Gasteiger partial charge < -0.3 is 0 Å². The fourth-order valence-corrected chi connectivity index (χ4v) is 1.06. The standard InChI is InChI=1S/C12H15/c1-2-4-6-8-10-12-11-9-7-5-3-1/h1-3,7,9-10,12H,4,6,8,11H2. The molecule has 0 heterocycles. The van der Waals surface area contributed by atoms with E-state index in [1.54, 1.807) is 0 Å². The molecule has 0 heteroatoms. The van der Waals surface area contributed by atoms with Gasteiger partial charge in [0.2, 0.25) is 0 Å². The maximum Gasteiger partial charge on any atom is -0.0166 e. The van der Waals surface area contributed by atoms with E-state index in [0.717, 1.165) is 6.42 Å². The van der Waals surface area contributed by atoms with Gasteiger partial charge in [0.15, 0.2) is 0 Å². The quantitative estimate of drug-likeness (QED) is 0.474. The van der Waals surface area contributed by atoms with Crippen molar-refractivity contribution in [1.82, 2.24) is 0 Å². The first-order valence-corrected chi connectivity index (χ1v) is 4.54. The lowest BCUT2D eigenvalue weighted by Crippen LogP contribution is -1.70. The first-order valence-electron chi connectivity index (χ1n) is 4.54. The molecule has 12 heavy (non-hydrogen) atoms. The third-order valence-electron chi connectivity index (χ3n) is 1.72. The van der Waals surface area contributed by atoms with Crippen molar-refractivity contribution in [2.24, 2.45) is 0 Å². The van der Waals surface area contributed by atoms with E-state index in [9.17, 15) is 0 Å². The Balaban J connectivity index is 2.42. The van der Waals surface area contributed by atoms with Gasteiger partial charge in [0.1, 0.15) is 0 Å². The molecule has 0 atom stereocenters. The third kappa shape index (κ3) is 4.73. The summed E-state index contributed by atoms with van der Waals surface area (Å²) in [5.74, 6) is 0. The van der Waals surface area contributed by atoms with Crippen molar-refractivity contribution in [3.63, 3.8) is 0 Å². The predicted octanol–water partition coefficient (Wildman–Crippen LogP) is 3.59. The largest absolute Gasteiger partial charge is 0.0882 e. The van der Waals surface area contributed by atoms with Crippen molar-refractivity contribution >= 4 is 0 Å². The molecule has 0 saturated heterocycles. The lowest BCUT2D eigenvalue weighted by molar-refractivity contribution is 0.866. The van der Waals surface area contributed by atoms with Crippen LogP contribution in [0.5, 0.6) is 0 Å². The van der Waals surface area contributed by atoms with E-state index in [1.165, 1.54) is 19.3 Å². The lowest BCUT2D eigenvalue weighted by Gasteiger charge is -1.90. The lowest BCUT2D eigenvalue weighted by atomic mass is 10.2. The monoisotopic (exact) mass is 159 g/mol. The molecule has 1 rings (SSSR count). The van der Waals surface area contributed by atoms with Crippen LogP contribution in [-0.2, 0) is 0 Å². The van der Waals surface area contributed by atoms with Gasteiger partial charge in [-0.1, -0.05) is 42.5 Å². The van der Waals surface area contributed by atoms with Crippen molar-refractivity contribution in [2.45, 2.75) is 25.7 Å². The smallest absolute Gasteiger partial charge is 0.0166 e. The minimum absolute atomic E-state index is 1.03. The Labute approximate surface area is 75.0 Å². The number of hydrogen-bond donors (Lipinski definition) is 0. The molecule has 63 valence electrons. The van der Waals surface area contributed by atoms with E-state index >= 15 is 0 Å². The van der Waals surface area contributed by atoms with E-state index in [1.807, 2.05) is 12.2 Å². The molecule has 0 spiro atoms.